The Labute approximate surface area is 64.8 Å². The zero-order chi connectivity index (χ0) is 7.78. The van der Waals surface area contributed by atoms with Crippen LogP contribution in [0, 0.1) is 0 Å². The minimum absolute atomic E-state index is 0.0720. The van der Waals surface area contributed by atoms with Gasteiger partial charge in [-0.3, -0.25) is 4.21 Å². The van der Waals surface area contributed by atoms with Gasteiger partial charge in [-0.05, 0) is 20.8 Å². The minimum Gasteiger partial charge on any atom is -0.307 e. The first-order chi connectivity index (χ1) is 4.49. The van der Waals surface area contributed by atoms with Crippen LogP contribution < -0.4 is 5.32 Å². The molecule has 1 fully saturated rings. The van der Waals surface area contributed by atoms with E-state index in [-0.39, 0.29) is 5.54 Å². The van der Waals surface area contributed by atoms with Gasteiger partial charge in [-0.1, -0.05) is 0 Å². The predicted octanol–water partition coefficient (Wildman–Crippen LogP) is 0.505. The molecule has 0 bridgehead atoms. The zero-order valence-corrected chi connectivity index (χ0v) is 7.62. The highest BCUT2D eigenvalue weighted by Crippen LogP contribution is 2.12. The van der Waals surface area contributed by atoms with Crippen LogP contribution in [0.5, 0.6) is 0 Å². The molecule has 10 heavy (non-hydrogen) atoms. The number of rotatable bonds is 0. The molecule has 0 saturated carbocycles. The van der Waals surface area contributed by atoms with Crippen LogP contribution in [0.2, 0.25) is 0 Å². The molecule has 60 valence electrons. The van der Waals surface area contributed by atoms with E-state index in [1.165, 1.54) is 0 Å². The molecule has 1 aliphatic rings. The molecule has 1 aliphatic heterocycles. The fourth-order valence-electron chi connectivity index (χ4n) is 1.49. The van der Waals surface area contributed by atoms with E-state index in [0.29, 0.717) is 6.04 Å². The predicted molar refractivity (Wildman–Crippen MR) is 44.6 cm³/mol. The third-order valence-corrected chi connectivity index (χ3v) is 3.51. The van der Waals surface area contributed by atoms with Crippen LogP contribution in [0.3, 0.4) is 0 Å². The molecule has 0 aliphatic carbocycles. The highest BCUT2D eigenvalue weighted by atomic mass is 32.2. The lowest BCUT2D eigenvalue weighted by molar-refractivity contribution is 0.377. The minimum atomic E-state index is -0.602. The van der Waals surface area contributed by atoms with Gasteiger partial charge in [0.05, 0.1) is 0 Å². The third-order valence-electron chi connectivity index (χ3n) is 1.59. The average Bonchev–Trinajstić information content (AvgIpc) is 1.54. The number of nitrogens with one attached hydrogen (secondary N) is 1. The van der Waals surface area contributed by atoms with Crippen molar-refractivity contribution in [1.82, 2.24) is 5.32 Å². The van der Waals surface area contributed by atoms with Crippen molar-refractivity contribution < 1.29 is 4.21 Å². The van der Waals surface area contributed by atoms with Gasteiger partial charge in [0, 0.05) is 33.9 Å². The molecule has 2 atom stereocenters. The summed E-state index contributed by atoms with van der Waals surface area (Å²) in [6.45, 7) is 6.28. The van der Waals surface area contributed by atoms with Crippen LogP contribution >= 0.6 is 0 Å². The topological polar surface area (TPSA) is 29.1 Å². The third kappa shape index (κ3) is 2.06. The van der Waals surface area contributed by atoms with E-state index >= 15 is 0 Å². The molecule has 0 aromatic rings. The summed E-state index contributed by atoms with van der Waals surface area (Å²) >= 11 is 0. The van der Waals surface area contributed by atoms with Crippen LogP contribution in [0.4, 0.5) is 0 Å². The van der Waals surface area contributed by atoms with Crippen LogP contribution in [-0.4, -0.2) is 27.3 Å². The summed E-state index contributed by atoms with van der Waals surface area (Å²) in [5.41, 5.74) is 0.0720. The number of hydrogen-bond acceptors (Lipinski definition) is 2. The normalized spacial score (nSPS) is 39.5. The van der Waals surface area contributed by atoms with Crippen molar-refractivity contribution in [1.29, 1.82) is 0 Å². The van der Waals surface area contributed by atoms with E-state index in [1.54, 1.807) is 0 Å². The summed E-state index contributed by atoms with van der Waals surface area (Å²) < 4.78 is 11.2. The molecule has 0 spiro atoms. The highest BCUT2D eigenvalue weighted by molar-refractivity contribution is 7.85. The number of hydrogen-bond donors (Lipinski definition) is 1. The molecule has 0 aromatic carbocycles. The molecule has 1 heterocycles. The van der Waals surface area contributed by atoms with Crippen LogP contribution in [-0.2, 0) is 10.8 Å². The van der Waals surface area contributed by atoms with Crippen molar-refractivity contribution in [2.24, 2.45) is 0 Å². The highest BCUT2D eigenvalue weighted by Gasteiger charge is 2.28. The van der Waals surface area contributed by atoms with Gasteiger partial charge < -0.3 is 5.32 Å². The fraction of sp³-hybridized carbons (Fsp3) is 1.00. The van der Waals surface area contributed by atoms with Crippen molar-refractivity contribution >= 4 is 10.8 Å². The van der Waals surface area contributed by atoms with E-state index in [9.17, 15) is 4.21 Å². The molecule has 0 amide bonds. The Morgan fingerprint density at radius 2 is 2.20 bits per heavy atom. The summed E-state index contributed by atoms with van der Waals surface area (Å²) in [7, 11) is -0.602. The first kappa shape index (κ1) is 8.21. The van der Waals surface area contributed by atoms with Crippen LogP contribution in [0.1, 0.15) is 20.8 Å². The van der Waals surface area contributed by atoms with E-state index in [1.807, 2.05) is 0 Å². The summed E-state index contributed by atoms with van der Waals surface area (Å²) in [5.74, 6) is 1.60. The second-order valence-corrected chi connectivity index (χ2v) is 5.18. The van der Waals surface area contributed by atoms with Gasteiger partial charge in [0.2, 0.25) is 0 Å². The van der Waals surface area contributed by atoms with E-state index in [2.05, 4.69) is 26.1 Å². The lowest BCUT2D eigenvalue weighted by atomic mass is 10.1. The summed E-state index contributed by atoms with van der Waals surface area (Å²) in [6.07, 6.45) is 0. The molecule has 2 nitrogen and oxygen atoms in total. The maximum absolute atomic E-state index is 11.2. The lowest BCUT2D eigenvalue weighted by Gasteiger charge is -2.34. The van der Waals surface area contributed by atoms with Crippen LogP contribution in [0.15, 0.2) is 0 Å². The van der Waals surface area contributed by atoms with Crippen molar-refractivity contribution in [2.45, 2.75) is 32.4 Å². The standard InChI is InChI=1S/C7H15NOS/c1-6-4-10(9)5-7(2,3)8-6/h6,8H,4-5H2,1-3H3. The van der Waals surface area contributed by atoms with Crippen molar-refractivity contribution in [3.63, 3.8) is 0 Å². The van der Waals surface area contributed by atoms with Gasteiger partial charge in [-0.25, -0.2) is 0 Å². The molecule has 1 N–H and O–H groups in total. The summed E-state index contributed by atoms with van der Waals surface area (Å²) in [5, 5.41) is 3.39. The Morgan fingerprint density at radius 3 is 2.60 bits per heavy atom. The molecule has 0 aromatic heterocycles. The molecular weight excluding hydrogens is 146 g/mol. The maximum atomic E-state index is 11.2. The van der Waals surface area contributed by atoms with Crippen LogP contribution in [0.25, 0.3) is 0 Å². The first-order valence-corrected chi connectivity index (χ1v) is 5.11. The molecule has 0 radical (unpaired) electrons. The Hall–Kier alpha value is 0.110. The summed E-state index contributed by atoms with van der Waals surface area (Å²) in [4.78, 5) is 0. The van der Waals surface area contributed by atoms with Gasteiger partial charge in [-0.2, -0.15) is 0 Å². The van der Waals surface area contributed by atoms with Gasteiger partial charge >= 0.3 is 0 Å². The van der Waals surface area contributed by atoms with Gasteiger partial charge in [0.25, 0.3) is 0 Å². The smallest absolute Gasteiger partial charge is 0.0412 e. The molecule has 1 saturated heterocycles. The second-order valence-electron chi connectivity index (χ2n) is 3.68. The average molecular weight is 161 g/mol. The van der Waals surface area contributed by atoms with Gasteiger partial charge in [-0.15, -0.1) is 0 Å². The Balaban J connectivity index is 2.59. The fourth-order valence-corrected chi connectivity index (χ4v) is 3.14. The summed E-state index contributed by atoms with van der Waals surface area (Å²) in [6, 6.07) is 0.407. The van der Waals surface area contributed by atoms with Gasteiger partial charge in [0.15, 0.2) is 0 Å². The first-order valence-electron chi connectivity index (χ1n) is 3.62. The molecule has 3 heteroatoms. The maximum Gasteiger partial charge on any atom is 0.0412 e. The Morgan fingerprint density at radius 1 is 1.60 bits per heavy atom. The van der Waals surface area contributed by atoms with Crippen molar-refractivity contribution in [3.05, 3.63) is 0 Å². The van der Waals surface area contributed by atoms with E-state index in [4.69, 9.17) is 0 Å². The second kappa shape index (κ2) is 2.62. The lowest BCUT2D eigenvalue weighted by Crippen LogP contribution is -2.55. The van der Waals surface area contributed by atoms with E-state index in [0.717, 1.165) is 11.5 Å². The SMILES string of the molecule is CC1CS(=O)CC(C)(C)N1. The Bertz CT molecular complexity index is 156. The molecule has 1 rings (SSSR count). The zero-order valence-electron chi connectivity index (χ0n) is 6.81. The quantitative estimate of drug-likeness (QED) is 0.561. The molecule has 2 unspecified atom stereocenters. The van der Waals surface area contributed by atoms with Crippen molar-refractivity contribution in [3.8, 4) is 0 Å². The van der Waals surface area contributed by atoms with Crippen molar-refractivity contribution in [2.75, 3.05) is 11.5 Å². The molecular formula is C7H15NOS. The monoisotopic (exact) mass is 161 g/mol. The Kier molecular flexibility index (Phi) is 2.15. The van der Waals surface area contributed by atoms with E-state index < -0.39 is 10.8 Å². The largest absolute Gasteiger partial charge is 0.307 e. The van der Waals surface area contributed by atoms with Gasteiger partial charge in [0.1, 0.15) is 0 Å².